The normalized spacial score (nSPS) is 13.5. The molecule has 0 rings (SSSR count). The molecule has 0 aliphatic rings. The van der Waals surface area contributed by atoms with Gasteiger partial charge in [-0.2, -0.15) is 0 Å². The van der Waals surface area contributed by atoms with Crippen molar-refractivity contribution in [2.75, 3.05) is 26.4 Å². The first kappa shape index (κ1) is 89.4. The van der Waals surface area contributed by atoms with Crippen molar-refractivity contribution >= 4 is 19.8 Å². The largest absolute Gasteiger partial charge is 0.472 e. The lowest BCUT2D eigenvalue weighted by molar-refractivity contribution is -0.161. The fraction of sp³-hybridized carbons (Fsp3) is 0.735. The van der Waals surface area contributed by atoms with Crippen LogP contribution in [0, 0.1) is 0 Å². The Morgan fingerprint density at radius 3 is 0.882 bits per heavy atom. The molecule has 2 unspecified atom stereocenters. The van der Waals surface area contributed by atoms with Gasteiger partial charge < -0.3 is 20.1 Å². The summed E-state index contributed by atoms with van der Waals surface area (Å²) < 4.78 is 33.3. The van der Waals surface area contributed by atoms with Crippen LogP contribution in [0.5, 0.6) is 0 Å². The predicted molar refractivity (Wildman–Crippen MR) is 404 cm³/mol. The monoisotopic (exact) mass is 1320 g/mol. The number of allylic oxidation sites excluding steroid dienone is 20. The van der Waals surface area contributed by atoms with Gasteiger partial charge in [0.2, 0.25) is 0 Å². The second-order valence-corrected chi connectivity index (χ2v) is 27.3. The summed E-state index contributed by atoms with van der Waals surface area (Å²) in [4.78, 5) is 35.5. The molecule has 9 nitrogen and oxygen atoms in total. The average molecular weight is 1320 g/mol. The number of esters is 2. The highest BCUT2D eigenvalue weighted by Gasteiger charge is 2.26. The summed E-state index contributed by atoms with van der Waals surface area (Å²) in [7, 11) is -4.40. The first-order valence-electron chi connectivity index (χ1n) is 39.0. The number of carbonyl (C=O) groups is 2. The summed E-state index contributed by atoms with van der Waals surface area (Å²) in [6.45, 7) is 3.66. The van der Waals surface area contributed by atoms with E-state index < -0.39 is 26.5 Å². The van der Waals surface area contributed by atoms with Crippen LogP contribution in [0.4, 0.5) is 0 Å². The van der Waals surface area contributed by atoms with Crippen molar-refractivity contribution < 1.29 is 37.6 Å². The molecule has 0 saturated carbocycles. The van der Waals surface area contributed by atoms with Crippen LogP contribution in [0.1, 0.15) is 361 Å². The van der Waals surface area contributed by atoms with Gasteiger partial charge in [-0.25, -0.2) is 4.57 Å². The van der Waals surface area contributed by atoms with E-state index in [1.165, 1.54) is 231 Å². The molecule has 0 aromatic rings. The number of nitrogens with two attached hydrogens (primary N) is 1. The minimum Gasteiger partial charge on any atom is -0.462 e. The molecule has 0 aromatic carbocycles. The Morgan fingerprint density at radius 2 is 0.591 bits per heavy atom. The van der Waals surface area contributed by atoms with Gasteiger partial charge in [-0.05, 0) is 109 Å². The summed E-state index contributed by atoms with van der Waals surface area (Å²) in [5.41, 5.74) is 5.41. The highest BCUT2D eigenvalue weighted by molar-refractivity contribution is 7.47. The third-order valence-electron chi connectivity index (χ3n) is 16.8. The summed E-state index contributed by atoms with van der Waals surface area (Å²) in [5.74, 6) is -0.819. The Labute approximate surface area is 574 Å². The van der Waals surface area contributed by atoms with Gasteiger partial charge >= 0.3 is 19.8 Å². The van der Waals surface area contributed by atoms with Crippen LogP contribution in [0.25, 0.3) is 0 Å². The molecule has 0 spiro atoms. The molecule has 536 valence electrons. The van der Waals surface area contributed by atoms with Crippen LogP contribution in [-0.4, -0.2) is 49.3 Å². The van der Waals surface area contributed by atoms with Gasteiger partial charge in [0, 0.05) is 19.4 Å². The van der Waals surface area contributed by atoms with Crippen molar-refractivity contribution in [3.63, 3.8) is 0 Å². The summed E-state index contributed by atoms with van der Waals surface area (Å²) in [5, 5.41) is 0. The summed E-state index contributed by atoms with van der Waals surface area (Å²) in [6, 6.07) is 0. The van der Waals surface area contributed by atoms with E-state index in [2.05, 4.69) is 135 Å². The lowest BCUT2D eigenvalue weighted by Gasteiger charge is -2.19. The first-order valence-corrected chi connectivity index (χ1v) is 40.5. The second-order valence-electron chi connectivity index (χ2n) is 25.8. The fourth-order valence-electron chi connectivity index (χ4n) is 11.1. The van der Waals surface area contributed by atoms with Crippen LogP contribution < -0.4 is 5.73 Å². The average Bonchev–Trinajstić information content (AvgIpc) is 3.70. The van der Waals surface area contributed by atoms with Crippen LogP contribution in [0.3, 0.4) is 0 Å². The van der Waals surface area contributed by atoms with Gasteiger partial charge in [0.05, 0.1) is 13.2 Å². The van der Waals surface area contributed by atoms with Crippen LogP contribution >= 0.6 is 7.82 Å². The zero-order valence-electron chi connectivity index (χ0n) is 60.5. The quantitative estimate of drug-likeness (QED) is 0.0264. The first-order chi connectivity index (χ1) is 45.8. The number of hydrogen-bond donors (Lipinski definition) is 2. The van der Waals surface area contributed by atoms with Crippen LogP contribution in [0.2, 0.25) is 0 Å². The molecule has 0 aliphatic carbocycles. The van der Waals surface area contributed by atoms with Crippen LogP contribution in [0.15, 0.2) is 122 Å². The maximum atomic E-state index is 12.8. The van der Waals surface area contributed by atoms with Crippen molar-refractivity contribution in [2.45, 2.75) is 367 Å². The lowest BCUT2D eigenvalue weighted by atomic mass is 10.0. The molecule has 0 bridgehead atoms. The number of phosphoric ester groups is 1. The number of hydrogen-bond acceptors (Lipinski definition) is 8. The van der Waals surface area contributed by atoms with Crippen molar-refractivity contribution in [3.8, 4) is 0 Å². The summed E-state index contributed by atoms with van der Waals surface area (Å²) in [6.07, 6.45) is 109. The third kappa shape index (κ3) is 77.3. The molecule has 0 aliphatic heterocycles. The highest BCUT2D eigenvalue weighted by Crippen LogP contribution is 2.43. The van der Waals surface area contributed by atoms with E-state index in [0.717, 1.165) is 96.3 Å². The zero-order valence-corrected chi connectivity index (χ0v) is 61.4. The van der Waals surface area contributed by atoms with Crippen molar-refractivity contribution in [3.05, 3.63) is 122 Å². The Kier molecular flexibility index (Phi) is 74.4. The Morgan fingerprint density at radius 1 is 0.333 bits per heavy atom. The molecular weight excluding hydrogens is 1170 g/mol. The maximum Gasteiger partial charge on any atom is 0.472 e. The number of ether oxygens (including phenoxy) is 2. The zero-order chi connectivity index (χ0) is 67.2. The van der Waals surface area contributed by atoms with E-state index in [1.54, 1.807) is 0 Å². The molecule has 2 atom stereocenters. The lowest BCUT2D eigenvalue weighted by Crippen LogP contribution is -2.29. The molecule has 0 saturated heterocycles. The van der Waals surface area contributed by atoms with Crippen molar-refractivity contribution in [2.24, 2.45) is 5.73 Å². The molecule has 0 aromatic heterocycles. The van der Waals surface area contributed by atoms with Gasteiger partial charge in [-0.3, -0.25) is 18.6 Å². The number of carbonyl (C=O) groups excluding carboxylic acids is 2. The SMILES string of the molecule is CC/C=C\C/C=C\C/C=C\C/C=C\C/C=C\C/C=C\C/C=C\CCCCCCCCCCCCCCCC(=O)OC(COC(=O)CCCCCCCCCCCCCCCCCCCCCCCC/C=C\C/C=C\C/C=C\CCCCCCC)COP(=O)(O)OCCN. The third-order valence-corrected chi connectivity index (χ3v) is 17.8. The highest BCUT2D eigenvalue weighted by atomic mass is 31.2. The van der Waals surface area contributed by atoms with Gasteiger partial charge in [0.15, 0.2) is 6.10 Å². The minimum atomic E-state index is -4.40. The number of phosphoric acid groups is 1. The fourth-order valence-corrected chi connectivity index (χ4v) is 11.9. The molecule has 3 N–H and O–H groups in total. The van der Waals surface area contributed by atoms with E-state index in [9.17, 15) is 19.0 Å². The van der Waals surface area contributed by atoms with Crippen molar-refractivity contribution in [1.29, 1.82) is 0 Å². The van der Waals surface area contributed by atoms with E-state index in [1.807, 2.05) is 0 Å². The van der Waals surface area contributed by atoms with Crippen LogP contribution in [-0.2, 0) is 32.7 Å². The number of rotatable bonds is 73. The van der Waals surface area contributed by atoms with E-state index in [0.29, 0.717) is 6.42 Å². The summed E-state index contributed by atoms with van der Waals surface area (Å²) >= 11 is 0. The standard InChI is InChI=1S/C83H146NO8P/c1-3-5-7-9-11-13-15-17-19-21-23-25-27-29-31-33-35-37-39-40-42-43-45-47-49-51-53-55-57-59-61-63-65-67-69-71-73-75-82(85)89-79-81(80-91-93(87,88)90-78-77-84)92-83(86)76-74-72-70-68-66-64-62-60-58-56-54-52-50-48-46-44-41-38-36-34-32-30-28-26-24-22-20-18-16-14-12-10-8-6-4-2/h6,8,12,14-15,17-18,20-21,23-24,26-27,29-30,32,36,38,44,46,81H,3-5,7,9-11,13,16,19,22,25,28,31,33-35,37,39-43,45,47-80,84H2,1-2H3,(H,87,88)/b8-6-,14-12-,17-15-,20-18-,23-21-,26-24-,29-27-,32-30-,38-36-,46-44-. The van der Waals surface area contributed by atoms with E-state index in [-0.39, 0.29) is 38.6 Å². The topological polar surface area (TPSA) is 134 Å². The van der Waals surface area contributed by atoms with Gasteiger partial charge in [-0.15, -0.1) is 0 Å². The van der Waals surface area contributed by atoms with Crippen molar-refractivity contribution in [1.82, 2.24) is 0 Å². The molecule has 10 heteroatoms. The van der Waals surface area contributed by atoms with E-state index in [4.69, 9.17) is 24.3 Å². The predicted octanol–water partition coefficient (Wildman–Crippen LogP) is 26.2. The second kappa shape index (κ2) is 77.4. The van der Waals surface area contributed by atoms with Gasteiger partial charge in [0.25, 0.3) is 0 Å². The maximum absolute atomic E-state index is 12.8. The molecule has 0 heterocycles. The Balaban J connectivity index is 3.83. The van der Waals surface area contributed by atoms with E-state index >= 15 is 0 Å². The minimum absolute atomic E-state index is 0.0505. The molecule has 0 radical (unpaired) electrons. The van der Waals surface area contributed by atoms with Gasteiger partial charge in [-0.1, -0.05) is 360 Å². The number of unbranched alkanes of at least 4 members (excludes halogenated alkanes) is 40. The smallest absolute Gasteiger partial charge is 0.462 e. The Hall–Kier alpha value is -3.59. The molecular formula is C83H146NO8P. The molecule has 0 fully saturated rings. The molecule has 0 amide bonds. The van der Waals surface area contributed by atoms with Gasteiger partial charge in [0.1, 0.15) is 6.61 Å². The Bertz CT molecular complexity index is 1950. The molecule has 93 heavy (non-hydrogen) atoms.